The zero-order valence-electron chi connectivity index (χ0n) is 9.44. The van der Waals surface area contributed by atoms with Crippen molar-refractivity contribution in [1.82, 2.24) is 0 Å². The van der Waals surface area contributed by atoms with Crippen LogP contribution >= 0.6 is 31.9 Å². The Labute approximate surface area is 104 Å². The highest BCUT2D eigenvalue weighted by molar-refractivity contribution is 9.24. The monoisotopic (exact) mass is 326 g/mol. The topological polar surface area (TPSA) is 17.1 Å². The van der Waals surface area contributed by atoms with Crippen LogP contribution in [-0.2, 0) is 4.79 Å². The lowest BCUT2D eigenvalue weighted by Gasteiger charge is -2.34. The molecule has 0 spiro atoms. The fraction of sp³-hybridized carbons (Fsp3) is 0.909. The van der Waals surface area contributed by atoms with Gasteiger partial charge in [0.1, 0.15) is 5.78 Å². The second-order valence-corrected chi connectivity index (χ2v) is 7.50. The number of halogens is 2. The van der Waals surface area contributed by atoms with E-state index in [0.717, 1.165) is 19.3 Å². The molecule has 2 unspecified atom stereocenters. The molecule has 0 radical (unpaired) electrons. The molecule has 0 rings (SSSR count). The highest BCUT2D eigenvalue weighted by atomic mass is 79.9. The summed E-state index contributed by atoms with van der Waals surface area (Å²) in [6.45, 7) is 8.06. The third-order valence-electron chi connectivity index (χ3n) is 3.40. The number of carbonyl (C=O) groups excluding carboxylic acids is 1. The van der Waals surface area contributed by atoms with Crippen LogP contribution in [0.5, 0.6) is 0 Å². The van der Waals surface area contributed by atoms with Gasteiger partial charge in [-0.15, -0.1) is 0 Å². The molecule has 0 heterocycles. The lowest BCUT2D eigenvalue weighted by molar-refractivity contribution is -0.129. The number of Topliss-reactive ketones (excluding diaryl/α,β-unsaturated/α-hetero) is 1. The zero-order valence-corrected chi connectivity index (χ0v) is 12.6. The maximum absolute atomic E-state index is 11.6. The standard InChI is InChI=1S/C11H20Br2O/c1-5-9(7-10(12)13)11(4,6-2)8(3)14/h9-10H,5-7H2,1-4H3. The number of hydrogen-bond acceptors (Lipinski definition) is 1. The van der Waals surface area contributed by atoms with E-state index in [2.05, 4.69) is 52.6 Å². The molecule has 84 valence electrons. The largest absolute Gasteiger partial charge is 0.299 e. The number of hydrogen-bond donors (Lipinski definition) is 0. The van der Waals surface area contributed by atoms with E-state index in [1.165, 1.54) is 0 Å². The average Bonchev–Trinajstić information content (AvgIpc) is 2.12. The Morgan fingerprint density at radius 2 is 1.86 bits per heavy atom. The first-order valence-electron chi connectivity index (χ1n) is 5.17. The van der Waals surface area contributed by atoms with Crippen molar-refractivity contribution >= 4 is 37.6 Å². The fourth-order valence-electron chi connectivity index (χ4n) is 1.92. The number of carbonyl (C=O) groups is 1. The summed E-state index contributed by atoms with van der Waals surface area (Å²) in [4.78, 5) is 11.6. The molecule has 3 heteroatoms. The van der Waals surface area contributed by atoms with Gasteiger partial charge in [-0.25, -0.2) is 0 Å². The van der Waals surface area contributed by atoms with Crippen LogP contribution in [0.15, 0.2) is 0 Å². The predicted molar refractivity (Wildman–Crippen MR) is 69.1 cm³/mol. The van der Waals surface area contributed by atoms with E-state index >= 15 is 0 Å². The van der Waals surface area contributed by atoms with Gasteiger partial charge in [-0.2, -0.15) is 0 Å². The van der Waals surface area contributed by atoms with Gasteiger partial charge in [-0.3, -0.25) is 4.79 Å². The molecule has 14 heavy (non-hydrogen) atoms. The van der Waals surface area contributed by atoms with Crippen LogP contribution < -0.4 is 0 Å². The van der Waals surface area contributed by atoms with Crippen LogP contribution in [0.4, 0.5) is 0 Å². The third kappa shape index (κ3) is 3.65. The molecule has 0 aromatic heterocycles. The summed E-state index contributed by atoms with van der Waals surface area (Å²) in [5.74, 6) is 0.765. The van der Waals surface area contributed by atoms with Crippen LogP contribution in [0, 0.1) is 11.3 Å². The summed E-state index contributed by atoms with van der Waals surface area (Å²) in [7, 11) is 0. The smallest absolute Gasteiger partial charge is 0.135 e. The molecule has 2 atom stereocenters. The highest BCUT2D eigenvalue weighted by Gasteiger charge is 2.36. The van der Waals surface area contributed by atoms with Crippen molar-refractivity contribution in [2.24, 2.45) is 11.3 Å². The highest BCUT2D eigenvalue weighted by Crippen LogP contribution is 2.39. The zero-order chi connectivity index (χ0) is 11.4. The Morgan fingerprint density at radius 1 is 1.36 bits per heavy atom. The Balaban J connectivity index is 4.68. The summed E-state index contributed by atoms with van der Waals surface area (Å²) >= 11 is 6.98. The van der Waals surface area contributed by atoms with Crippen LogP contribution in [0.25, 0.3) is 0 Å². The van der Waals surface area contributed by atoms with E-state index < -0.39 is 0 Å². The van der Waals surface area contributed by atoms with Gasteiger partial charge < -0.3 is 0 Å². The predicted octanol–water partition coefficient (Wildman–Crippen LogP) is 4.52. The van der Waals surface area contributed by atoms with Gasteiger partial charge in [0.05, 0.1) is 3.74 Å². The van der Waals surface area contributed by atoms with Crippen LogP contribution in [0.1, 0.15) is 47.0 Å². The molecule has 0 aromatic rings. The van der Waals surface area contributed by atoms with Crippen LogP contribution in [-0.4, -0.2) is 9.52 Å². The minimum absolute atomic E-state index is 0.158. The van der Waals surface area contributed by atoms with Gasteiger partial charge in [0.15, 0.2) is 0 Å². The van der Waals surface area contributed by atoms with Crippen molar-refractivity contribution in [1.29, 1.82) is 0 Å². The lowest BCUT2D eigenvalue weighted by Crippen LogP contribution is -2.34. The molecule has 0 bridgehead atoms. The van der Waals surface area contributed by atoms with Gasteiger partial charge >= 0.3 is 0 Å². The van der Waals surface area contributed by atoms with Gasteiger partial charge in [0.25, 0.3) is 0 Å². The summed E-state index contributed by atoms with van der Waals surface area (Å²) in [5.41, 5.74) is -0.158. The van der Waals surface area contributed by atoms with Gasteiger partial charge in [0.2, 0.25) is 0 Å². The molecule has 0 saturated carbocycles. The average molecular weight is 328 g/mol. The van der Waals surface area contributed by atoms with Gasteiger partial charge in [-0.1, -0.05) is 59.1 Å². The Morgan fingerprint density at radius 3 is 2.07 bits per heavy atom. The first-order valence-corrected chi connectivity index (χ1v) is 7.00. The quantitative estimate of drug-likeness (QED) is 0.655. The summed E-state index contributed by atoms with van der Waals surface area (Å²) in [6, 6.07) is 0. The molecule has 0 aliphatic carbocycles. The van der Waals surface area contributed by atoms with Crippen molar-refractivity contribution in [2.75, 3.05) is 0 Å². The molecule has 0 aliphatic heterocycles. The first kappa shape index (κ1) is 14.6. The van der Waals surface area contributed by atoms with E-state index in [1.54, 1.807) is 6.92 Å². The van der Waals surface area contributed by atoms with Gasteiger partial charge in [-0.05, 0) is 25.7 Å². The summed E-state index contributed by atoms with van der Waals surface area (Å²) in [6.07, 6.45) is 2.98. The van der Waals surface area contributed by atoms with Crippen molar-refractivity contribution in [2.45, 2.75) is 50.7 Å². The fourth-order valence-corrected chi connectivity index (χ4v) is 2.82. The molecular formula is C11H20Br2O. The molecule has 1 nitrogen and oxygen atoms in total. The van der Waals surface area contributed by atoms with E-state index in [-0.39, 0.29) is 5.41 Å². The minimum atomic E-state index is -0.158. The third-order valence-corrected chi connectivity index (χ3v) is 4.14. The Hall–Kier alpha value is 0.630. The number of ketones is 1. The molecule has 0 aliphatic rings. The van der Waals surface area contributed by atoms with E-state index in [4.69, 9.17) is 0 Å². The molecular weight excluding hydrogens is 308 g/mol. The Bertz CT molecular complexity index is 192. The maximum atomic E-state index is 11.6. The second-order valence-electron chi connectivity index (χ2n) is 4.06. The molecule has 0 N–H and O–H groups in total. The number of alkyl halides is 2. The lowest BCUT2D eigenvalue weighted by atomic mass is 9.70. The molecule has 0 amide bonds. The normalized spacial score (nSPS) is 17.9. The van der Waals surface area contributed by atoms with Crippen molar-refractivity contribution in [3.05, 3.63) is 0 Å². The molecule has 0 saturated heterocycles. The van der Waals surface area contributed by atoms with Gasteiger partial charge in [0, 0.05) is 5.41 Å². The van der Waals surface area contributed by atoms with Crippen molar-refractivity contribution in [3.63, 3.8) is 0 Å². The first-order chi connectivity index (χ1) is 6.38. The minimum Gasteiger partial charge on any atom is -0.299 e. The molecule has 0 aromatic carbocycles. The SMILES string of the molecule is CCC(CC(Br)Br)C(C)(CC)C(C)=O. The molecule has 0 fully saturated rings. The van der Waals surface area contributed by atoms with Crippen LogP contribution in [0.3, 0.4) is 0 Å². The van der Waals surface area contributed by atoms with Crippen molar-refractivity contribution < 1.29 is 4.79 Å². The summed E-state index contributed by atoms with van der Waals surface area (Å²) < 4.78 is 0.310. The van der Waals surface area contributed by atoms with E-state index in [1.807, 2.05) is 0 Å². The van der Waals surface area contributed by atoms with E-state index in [0.29, 0.717) is 15.4 Å². The summed E-state index contributed by atoms with van der Waals surface area (Å²) in [5, 5.41) is 0. The second kappa shape index (κ2) is 6.26. The Kier molecular flexibility index (Phi) is 6.55. The number of rotatable bonds is 6. The maximum Gasteiger partial charge on any atom is 0.135 e. The van der Waals surface area contributed by atoms with E-state index in [9.17, 15) is 4.79 Å². The van der Waals surface area contributed by atoms with Crippen LogP contribution in [0.2, 0.25) is 0 Å². The van der Waals surface area contributed by atoms with Crippen molar-refractivity contribution in [3.8, 4) is 0 Å².